The summed E-state index contributed by atoms with van der Waals surface area (Å²) in [7, 11) is 0. The van der Waals surface area contributed by atoms with Crippen molar-refractivity contribution >= 4 is 0 Å². The van der Waals surface area contributed by atoms with Gasteiger partial charge in [0.2, 0.25) is 0 Å². The normalized spacial score (nSPS) is 12.7. The minimum absolute atomic E-state index is 0.372. The average Bonchev–Trinajstić information content (AvgIpc) is 1.68. The molecule has 0 spiro atoms. The van der Waals surface area contributed by atoms with Crippen LogP contribution in [0.25, 0.3) is 0 Å². The summed E-state index contributed by atoms with van der Waals surface area (Å²) in [6, 6.07) is 0. The van der Waals surface area contributed by atoms with E-state index in [2.05, 4.69) is 5.92 Å². The van der Waals surface area contributed by atoms with Crippen LogP contribution in [0.3, 0.4) is 0 Å². The van der Waals surface area contributed by atoms with Gasteiger partial charge in [-0.05, 0) is 6.42 Å². The summed E-state index contributed by atoms with van der Waals surface area (Å²) in [6.07, 6.45) is 5.33. The molecule has 0 aliphatic carbocycles. The van der Waals surface area contributed by atoms with E-state index in [1.165, 1.54) is 0 Å². The van der Waals surface area contributed by atoms with Gasteiger partial charge >= 0.3 is 0 Å². The zero-order chi connectivity index (χ0) is 5.70. The summed E-state index contributed by atoms with van der Waals surface area (Å²) in [5.41, 5.74) is 0. The minimum Gasteiger partial charge on any atom is -0.232 e. The molecule has 1 unspecified atom stereocenters. The fourth-order valence-corrected chi connectivity index (χ4v) is 0.276. The summed E-state index contributed by atoms with van der Waals surface area (Å²) in [6.45, 7) is 1.84. The van der Waals surface area contributed by atoms with E-state index >= 15 is 0 Å². The summed E-state index contributed by atoms with van der Waals surface area (Å²) in [5, 5.41) is 10.4. The van der Waals surface area contributed by atoms with Gasteiger partial charge in [-0.3, -0.25) is 0 Å². The Bertz CT molecular complexity index is 70.7. The molecule has 0 aromatic heterocycles. The Morgan fingerprint density at radius 1 is 1.86 bits per heavy atom. The van der Waals surface area contributed by atoms with Crippen LogP contribution in [-0.2, 0) is 5.11 Å². The Morgan fingerprint density at radius 2 is 2.43 bits per heavy atom. The molecule has 1 nitrogen and oxygen atoms in total. The van der Waals surface area contributed by atoms with Crippen molar-refractivity contribution in [2.24, 2.45) is 0 Å². The first-order valence-corrected chi connectivity index (χ1v) is 2.40. The largest absolute Gasteiger partial charge is 0.232 e. The Hall–Kier alpha value is -0.480. The van der Waals surface area contributed by atoms with Gasteiger partial charge in [0.1, 0.15) is 6.10 Å². The summed E-state index contributed by atoms with van der Waals surface area (Å²) < 4.78 is 0. The topological polar surface area (TPSA) is 19.9 Å². The van der Waals surface area contributed by atoms with Crippen LogP contribution < -0.4 is 0 Å². The van der Waals surface area contributed by atoms with E-state index in [4.69, 9.17) is 6.42 Å². The first-order valence-electron chi connectivity index (χ1n) is 2.40. The van der Waals surface area contributed by atoms with Crippen LogP contribution in [0.15, 0.2) is 0 Å². The van der Waals surface area contributed by atoms with E-state index in [1.807, 2.05) is 6.92 Å². The molecule has 0 saturated heterocycles. The molecule has 0 saturated carbocycles. The van der Waals surface area contributed by atoms with Crippen molar-refractivity contribution in [2.75, 3.05) is 0 Å². The smallest absolute Gasteiger partial charge is 0.104 e. The lowest BCUT2D eigenvalue weighted by Gasteiger charge is -1.94. The van der Waals surface area contributed by atoms with Crippen LogP contribution in [0.1, 0.15) is 19.8 Å². The molecule has 0 aromatic rings. The average molecular weight is 97.1 g/mol. The van der Waals surface area contributed by atoms with Gasteiger partial charge in [-0.2, -0.15) is 0 Å². The number of terminal acetylenes is 1. The molecule has 0 aliphatic heterocycles. The molecule has 1 atom stereocenters. The lowest BCUT2D eigenvalue weighted by Crippen LogP contribution is -1.98. The molecular formula is C6H9O. The van der Waals surface area contributed by atoms with Gasteiger partial charge in [-0.15, -0.1) is 12.3 Å². The molecule has 0 aromatic carbocycles. The fraction of sp³-hybridized carbons (Fsp3) is 0.667. The predicted octanol–water partition coefficient (Wildman–Crippen LogP) is 1.22. The molecule has 0 N–H and O–H groups in total. The summed E-state index contributed by atoms with van der Waals surface area (Å²) in [5.74, 6) is 2.31. The van der Waals surface area contributed by atoms with Crippen LogP contribution in [0.4, 0.5) is 0 Å². The zero-order valence-electron chi connectivity index (χ0n) is 4.48. The third kappa shape index (κ3) is 3.35. The highest BCUT2D eigenvalue weighted by Gasteiger charge is 1.96. The monoisotopic (exact) mass is 97.1 g/mol. The fourth-order valence-electron chi connectivity index (χ4n) is 0.276. The SMILES string of the molecule is C#CCC([O])CC. The molecule has 1 heteroatoms. The molecule has 1 radical (unpaired) electrons. The Balaban J connectivity index is 3.03. The van der Waals surface area contributed by atoms with Crippen LogP contribution >= 0.6 is 0 Å². The third-order valence-electron chi connectivity index (χ3n) is 0.801. The van der Waals surface area contributed by atoms with Crippen molar-refractivity contribution in [3.8, 4) is 12.3 Å². The Kier molecular flexibility index (Phi) is 3.45. The molecule has 0 heterocycles. The van der Waals surface area contributed by atoms with Crippen molar-refractivity contribution in [1.29, 1.82) is 0 Å². The summed E-state index contributed by atoms with van der Waals surface area (Å²) in [4.78, 5) is 0. The second kappa shape index (κ2) is 3.70. The van der Waals surface area contributed by atoms with Crippen molar-refractivity contribution in [3.05, 3.63) is 0 Å². The van der Waals surface area contributed by atoms with Crippen LogP contribution in [-0.4, -0.2) is 6.10 Å². The van der Waals surface area contributed by atoms with Gasteiger partial charge in [0.15, 0.2) is 0 Å². The van der Waals surface area contributed by atoms with E-state index in [0.29, 0.717) is 12.8 Å². The zero-order valence-corrected chi connectivity index (χ0v) is 4.48. The van der Waals surface area contributed by atoms with Crippen LogP contribution in [0.2, 0.25) is 0 Å². The predicted molar refractivity (Wildman–Crippen MR) is 28.2 cm³/mol. The van der Waals surface area contributed by atoms with Crippen LogP contribution in [0.5, 0.6) is 0 Å². The molecule has 0 amide bonds. The minimum atomic E-state index is -0.537. The second-order valence-electron chi connectivity index (χ2n) is 1.44. The van der Waals surface area contributed by atoms with Crippen LogP contribution in [0, 0.1) is 12.3 Å². The maximum atomic E-state index is 10.4. The van der Waals surface area contributed by atoms with Crippen molar-refractivity contribution in [2.45, 2.75) is 25.9 Å². The van der Waals surface area contributed by atoms with Gasteiger partial charge < -0.3 is 0 Å². The van der Waals surface area contributed by atoms with Gasteiger partial charge in [-0.25, -0.2) is 5.11 Å². The first-order chi connectivity index (χ1) is 3.31. The van der Waals surface area contributed by atoms with E-state index < -0.39 is 6.10 Å². The molecule has 7 heavy (non-hydrogen) atoms. The van der Waals surface area contributed by atoms with Gasteiger partial charge in [0.25, 0.3) is 0 Å². The highest BCUT2D eigenvalue weighted by molar-refractivity contribution is 4.85. The van der Waals surface area contributed by atoms with Crippen molar-refractivity contribution in [3.63, 3.8) is 0 Å². The number of hydrogen-bond acceptors (Lipinski definition) is 0. The maximum Gasteiger partial charge on any atom is 0.104 e. The molecule has 0 fully saturated rings. The van der Waals surface area contributed by atoms with Gasteiger partial charge in [-0.1, -0.05) is 6.92 Å². The highest BCUT2D eigenvalue weighted by Crippen LogP contribution is 1.93. The maximum absolute atomic E-state index is 10.4. The Morgan fingerprint density at radius 3 is 2.57 bits per heavy atom. The van der Waals surface area contributed by atoms with Gasteiger partial charge in [0.05, 0.1) is 0 Å². The highest BCUT2D eigenvalue weighted by atomic mass is 16.3. The van der Waals surface area contributed by atoms with E-state index in [-0.39, 0.29) is 0 Å². The molecule has 0 rings (SSSR count). The standard InChI is InChI=1S/C6H9O/c1-3-5-6(7)4-2/h1,6H,4-5H2,2H3. The number of hydrogen-bond donors (Lipinski definition) is 0. The van der Waals surface area contributed by atoms with E-state index in [9.17, 15) is 5.11 Å². The first kappa shape index (κ1) is 6.52. The van der Waals surface area contributed by atoms with E-state index in [1.54, 1.807) is 0 Å². The molecule has 0 aliphatic rings. The lowest BCUT2D eigenvalue weighted by molar-refractivity contribution is 0.0902. The summed E-state index contributed by atoms with van der Waals surface area (Å²) >= 11 is 0. The molecular weight excluding hydrogens is 88.1 g/mol. The number of rotatable bonds is 2. The lowest BCUT2D eigenvalue weighted by atomic mass is 10.2. The quantitative estimate of drug-likeness (QED) is 0.462. The van der Waals surface area contributed by atoms with Gasteiger partial charge in [0, 0.05) is 6.42 Å². The molecule has 0 bridgehead atoms. The van der Waals surface area contributed by atoms with Crippen molar-refractivity contribution < 1.29 is 5.11 Å². The second-order valence-corrected chi connectivity index (χ2v) is 1.44. The van der Waals surface area contributed by atoms with Crippen molar-refractivity contribution in [1.82, 2.24) is 0 Å². The Labute approximate surface area is 44.4 Å². The molecule has 39 valence electrons. The van der Waals surface area contributed by atoms with E-state index in [0.717, 1.165) is 0 Å². The third-order valence-corrected chi connectivity index (χ3v) is 0.801.